The number of hydrogen-bond acceptors (Lipinski definition) is 2. The smallest absolute Gasteiger partial charge is 0.134 e. The molecule has 0 unspecified atom stereocenters. The molecule has 2 rings (SSSR count). The molecule has 104 valence electrons. The number of hydrogen-bond donors (Lipinski definition) is 1. The van der Waals surface area contributed by atoms with E-state index in [-0.39, 0.29) is 17.4 Å². The molecule has 0 spiro atoms. The number of rotatable bonds is 4. The van der Waals surface area contributed by atoms with Gasteiger partial charge in [0.25, 0.3) is 0 Å². The number of halogens is 2. The first kappa shape index (κ1) is 14.9. The van der Waals surface area contributed by atoms with Crippen LogP contribution >= 0.6 is 28.1 Å². The molecule has 0 saturated heterocycles. The molecule has 2 aromatic rings. The summed E-state index contributed by atoms with van der Waals surface area (Å²) in [6.45, 7) is 2.27. The van der Waals surface area contributed by atoms with Crippen LogP contribution in [-0.2, 0) is 6.61 Å². The summed E-state index contributed by atoms with van der Waals surface area (Å²) in [7, 11) is 0. The Balaban J connectivity index is 2.20. The summed E-state index contributed by atoms with van der Waals surface area (Å²) in [6, 6.07) is 10.1. The van der Waals surface area contributed by atoms with E-state index in [1.165, 1.54) is 12.1 Å². The molecule has 0 radical (unpaired) electrons. The Morgan fingerprint density at radius 1 is 1.30 bits per heavy atom. The van der Waals surface area contributed by atoms with E-state index in [0.29, 0.717) is 11.3 Å². The van der Waals surface area contributed by atoms with Gasteiger partial charge in [0.1, 0.15) is 23.2 Å². The van der Waals surface area contributed by atoms with Gasteiger partial charge in [-0.05, 0) is 58.2 Å². The molecule has 5 heteroatoms. The fourth-order valence-electron chi connectivity index (χ4n) is 1.78. The minimum atomic E-state index is -0.368. The first-order valence-corrected chi connectivity index (χ1v) is 7.14. The highest BCUT2D eigenvalue weighted by molar-refractivity contribution is 9.10. The molecule has 2 aromatic carbocycles. The van der Waals surface area contributed by atoms with Crippen LogP contribution in [0, 0.1) is 12.7 Å². The van der Waals surface area contributed by atoms with Gasteiger partial charge in [-0.15, -0.1) is 0 Å². The summed E-state index contributed by atoms with van der Waals surface area (Å²) in [4.78, 5) is 0.158. The number of benzene rings is 2. The second-order valence-electron chi connectivity index (χ2n) is 4.39. The Morgan fingerprint density at radius 3 is 2.70 bits per heavy atom. The average molecular weight is 354 g/mol. The summed E-state index contributed by atoms with van der Waals surface area (Å²) < 4.78 is 19.8. The molecule has 0 aliphatic heterocycles. The van der Waals surface area contributed by atoms with Crippen LogP contribution in [0.2, 0.25) is 0 Å². The summed E-state index contributed by atoms with van der Waals surface area (Å²) >= 11 is 8.37. The summed E-state index contributed by atoms with van der Waals surface area (Å²) in [6.07, 6.45) is 0. The second-order valence-corrected chi connectivity index (χ2v) is 5.68. The lowest BCUT2D eigenvalue weighted by Gasteiger charge is -2.12. The van der Waals surface area contributed by atoms with Crippen LogP contribution in [-0.4, -0.2) is 4.99 Å². The van der Waals surface area contributed by atoms with Crippen molar-refractivity contribution in [2.75, 3.05) is 0 Å². The van der Waals surface area contributed by atoms with Crippen LogP contribution in [0.5, 0.6) is 5.75 Å². The topological polar surface area (TPSA) is 35.2 Å². The van der Waals surface area contributed by atoms with E-state index < -0.39 is 0 Å². The third kappa shape index (κ3) is 3.55. The van der Waals surface area contributed by atoms with E-state index in [1.807, 2.05) is 25.1 Å². The molecule has 0 aromatic heterocycles. The SMILES string of the molecule is Cc1ccc(OCc2ccc(F)cc2C(N)=S)c(Br)c1. The molecule has 0 aliphatic carbocycles. The number of ether oxygens (including phenoxy) is 1. The van der Waals surface area contributed by atoms with Gasteiger partial charge < -0.3 is 10.5 Å². The van der Waals surface area contributed by atoms with E-state index in [1.54, 1.807) is 6.07 Å². The predicted molar refractivity (Wildman–Crippen MR) is 85.5 cm³/mol. The van der Waals surface area contributed by atoms with Gasteiger partial charge in [-0.25, -0.2) is 4.39 Å². The van der Waals surface area contributed by atoms with E-state index in [9.17, 15) is 4.39 Å². The minimum Gasteiger partial charge on any atom is -0.488 e. The van der Waals surface area contributed by atoms with Gasteiger partial charge in [0.05, 0.1) is 4.47 Å². The molecular formula is C15H13BrFNOS. The van der Waals surface area contributed by atoms with Crippen LogP contribution in [0.1, 0.15) is 16.7 Å². The fourth-order valence-corrected chi connectivity index (χ4v) is 2.58. The molecule has 20 heavy (non-hydrogen) atoms. The van der Waals surface area contributed by atoms with Gasteiger partial charge in [0.15, 0.2) is 0 Å². The monoisotopic (exact) mass is 353 g/mol. The maximum atomic E-state index is 13.2. The lowest BCUT2D eigenvalue weighted by Crippen LogP contribution is -2.14. The van der Waals surface area contributed by atoms with Crippen LogP contribution in [0.15, 0.2) is 40.9 Å². The fraction of sp³-hybridized carbons (Fsp3) is 0.133. The largest absolute Gasteiger partial charge is 0.488 e. The van der Waals surface area contributed by atoms with Gasteiger partial charge in [-0.1, -0.05) is 24.4 Å². The highest BCUT2D eigenvalue weighted by Crippen LogP contribution is 2.27. The third-order valence-electron chi connectivity index (χ3n) is 2.81. The van der Waals surface area contributed by atoms with Gasteiger partial charge in [0, 0.05) is 5.56 Å². The highest BCUT2D eigenvalue weighted by atomic mass is 79.9. The summed E-state index contributed by atoms with van der Waals surface area (Å²) in [5, 5.41) is 0. The zero-order valence-electron chi connectivity index (χ0n) is 10.8. The second kappa shape index (κ2) is 6.33. The van der Waals surface area contributed by atoms with Crippen LogP contribution in [0.25, 0.3) is 0 Å². The zero-order valence-corrected chi connectivity index (χ0v) is 13.2. The normalized spacial score (nSPS) is 10.3. The van der Waals surface area contributed by atoms with Gasteiger partial charge in [0.2, 0.25) is 0 Å². The van der Waals surface area contributed by atoms with Crippen molar-refractivity contribution in [1.82, 2.24) is 0 Å². The Labute approximate surface area is 130 Å². The highest BCUT2D eigenvalue weighted by Gasteiger charge is 2.09. The number of thiocarbonyl (C=S) groups is 1. The minimum absolute atomic E-state index is 0.158. The maximum Gasteiger partial charge on any atom is 0.134 e. The number of nitrogens with two attached hydrogens (primary N) is 1. The zero-order chi connectivity index (χ0) is 14.7. The van der Waals surface area contributed by atoms with Crippen molar-refractivity contribution in [2.24, 2.45) is 5.73 Å². The molecular weight excluding hydrogens is 341 g/mol. The van der Waals surface area contributed by atoms with Crippen molar-refractivity contribution in [1.29, 1.82) is 0 Å². The molecule has 2 nitrogen and oxygen atoms in total. The third-order valence-corrected chi connectivity index (χ3v) is 3.65. The summed E-state index contributed by atoms with van der Waals surface area (Å²) in [5.74, 6) is 0.349. The van der Waals surface area contributed by atoms with Gasteiger partial charge in [-0.3, -0.25) is 0 Å². The lowest BCUT2D eigenvalue weighted by atomic mass is 10.1. The van der Waals surface area contributed by atoms with Crippen LogP contribution in [0.4, 0.5) is 4.39 Å². The van der Waals surface area contributed by atoms with E-state index in [2.05, 4.69) is 15.9 Å². The quantitative estimate of drug-likeness (QED) is 0.840. The summed E-state index contributed by atoms with van der Waals surface area (Å²) in [5.41, 5.74) is 8.00. The molecule has 0 aliphatic rings. The van der Waals surface area contributed by atoms with E-state index >= 15 is 0 Å². The van der Waals surface area contributed by atoms with Crippen molar-refractivity contribution in [2.45, 2.75) is 13.5 Å². The molecule has 0 amide bonds. The van der Waals surface area contributed by atoms with Crippen LogP contribution < -0.4 is 10.5 Å². The van der Waals surface area contributed by atoms with Gasteiger partial charge in [-0.2, -0.15) is 0 Å². The molecule has 0 saturated carbocycles. The standard InChI is InChI=1S/C15H13BrFNOS/c1-9-2-5-14(13(16)6-9)19-8-10-3-4-11(17)7-12(10)15(18)20/h2-7H,8H2,1H3,(H2,18,20). The van der Waals surface area contributed by atoms with Crippen molar-refractivity contribution in [3.05, 3.63) is 63.4 Å². The Hall–Kier alpha value is -1.46. The molecule has 0 fully saturated rings. The first-order valence-electron chi connectivity index (χ1n) is 5.94. The maximum absolute atomic E-state index is 13.2. The van der Waals surface area contributed by atoms with E-state index in [4.69, 9.17) is 22.7 Å². The molecule has 0 atom stereocenters. The Bertz CT molecular complexity index is 660. The Kier molecular flexibility index (Phi) is 4.73. The molecule has 2 N–H and O–H groups in total. The lowest BCUT2D eigenvalue weighted by molar-refractivity contribution is 0.304. The van der Waals surface area contributed by atoms with Crippen molar-refractivity contribution < 1.29 is 9.13 Å². The van der Waals surface area contributed by atoms with Crippen molar-refractivity contribution >= 4 is 33.1 Å². The Morgan fingerprint density at radius 2 is 2.05 bits per heavy atom. The van der Waals surface area contributed by atoms with Crippen LogP contribution in [0.3, 0.4) is 0 Å². The van der Waals surface area contributed by atoms with Crippen molar-refractivity contribution in [3.8, 4) is 5.75 Å². The molecule has 0 bridgehead atoms. The average Bonchev–Trinajstić information content (AvgIpc) is 2.38. The van der Waals surface area contributed by atoms with E-state index in [0.717, 1.165) is 15.6 Å². The molecule has 0 heterocycles. The first-order chi connectivity index (χ1) is 9.47. The predicted octanol–water partition coefficient (Wildman–Crippen LogP) is 4.11. The van der Waals surface area contributed by atoms with Gasteiger partial charge >= 0.3 is 0 Å². The number of aryl methyl sites for hydroxylation is 1. The van der Waals surface area contributed by atoms with Crippen molar-refractivity contribution in [3.63, 3.8) is 0 Å².